The molecular weight excluding hydrogens is 154 g/mol. The maximum absolute atomic E-state index is 4.82. The topological polar surface area (TPSA) is 41.3 Å². The van der Waals surface area contributed by atoms with Crippen molar-refractivity contribution in [3.63, 3.8) is 0 Å². The lowest BCUT2D eigenvalue weighted by atomic mass is 10.2. The number of rotatable bonds is 1. The molecule has 0 radical (unpaired) electrons. The predicted molar refractivity (Wildman–Crippen MR) is 44.0 cm³/mol. The maximum Gasteiger partial charge on any atom is 0.172 e. The SMILES string of the molecule is c1cc(N2CC3CC2CN3)no1. The van der Waals surface area contributed by atoms with E-state index >= 15 is 0 Å². The van der Waals surface area contributed by atoms with E-state index in [-0.39, 0.29) is 0 Å². The fraction of sp³-hybridized carbons (Fsp3) is 0.625. The first-order chi connectivity index (χ1) is 5.93. The zero-order valence-electron chi connectivity index (χ0n) is 6.73. The van der Waals surface area contributed by atoms with Crippen LogP contribution in [0.2, 0.25) is 0 Å². The van der Waals surface area contributed by atoms with Crippen molar-refractivity contribution in [3.05, 3.63) is 12.3 Å². The quantitative estimate of drug-likeness (QED) is 0.646. The van der Waals surface area contributed by atoms with Gasteiger partial charge in [0, 0.05) is 31.2 Å². The van der Waals surface area contributed by atoms with Gasteiger partial charge in [-0.05, 0) is 6.42 Å². The average molecular weight is 165 g/mol. The molecule has 12 heavy (non-hydrogen) atoms. The second-order valence-electron chi connectivity index (χ2n) is 3.50. The third kappa shape index (κ3) is 0.783. The third-order valence-corrected chi connectivity index (χ3v) is 2.78. The molecule has 0 aliphatic carbocycles. The van der Waals surface area contributed by atoms with Gasteiger partial charge in [-0.15, -0.1) is 0 Å². The zero-order chi connectivity index (χ0) is 7.97. The van der Waals surface area contributed by atoms with Crippen molar-refractivity contribution in [1.29, 1.82) is 0 Å². The zero-order valence-corrected chi connectivity index (χ0v) is 6.73. The van der Waals surface area contributed by atoms with Crippen LogP contribution in [0.4, 0.5) is 5.82 Å². The largest absolute Gasteiger partial charge is 0.363 e. The van der Waals surface area contributed by atoms with E-state index in [1.54, 1.807) is 6.26 Å². The maximum atomic E-state index is 4.82. The average Bonchev–Trinajstić information content (AvgIpc) is 2.81. The Labute approximate surface area is 70.5 Å². The predicted octanol–water partition coefficient (Wildman–Crippen LogP) is 0.225. The molecule has 0 aromatic carbocycles. The minimum atomic E-state index is 0.639. The van der Waals surface area contributed by atoms with E-state index < -0.39 is 0 Å². The highest BCUT2D eigenvalue weighted by atomic mass is 16.5. The molecular formula is C8H11N3O. The Kier molecular flexibility index (Phi) is 1.20. The lowest BCUT2D eigenvalue weighted by Crippen LogP contribution is -2.43. The van der Waals surface area contributed by atoms with E-state index in [0.29, 0.717) is 12.1 Å². The number of hydrogen-bond donors (Lipinski definition) is 1. The van der Waals surface area contributed by atoms with E-state index in [0.717, 1.165) is 18.9 Å². The van der Waals surface area contributed by atoms with Crippen LogP contribution in [0.3, 0.4) is 0 Å². The van der Waals surface area contributed by atoms with Crippen molar-refractivity contribution in [1.82, 2.24) is 10.5 Å². The normalized spacial score (nSPS) is 33.2. The molecule has 2 aliphatic heterocycles. The number of nitrogens with one attached hydrogen (secondary N) is 1. The molecule has 0 spiro atoms. The molecule has 4 nitrogen and oxygen atoms in total. The van der Waals surface area contributed by atoms with Gasteiger partial charge in [-0.25, -0.2) is 0 Å². The van der Waals surface area contributed by atoms with Crippen molar-refractivity contribution in [2.75, 3.05) is 18.0 Å². The molecule has 1 aromatic heterocycles. The van der Waals surface area contributed by atoms with Crippen molar-refractivity contribution < 1.29 is 4.52 Å². The molecule has 0 saturated carbocycles. The summed E-state index contributed by atoms with van der Waals surface area (Å²) in [5.41, 5.74) is 0. The van der Waals surface area contributed by atoms with Crippen LogP contribution in [0.25, 0.3) is 0 Å². The summed E-state index contributed by atoms with van der Waals surface area (Å²) in [6, 6.07) is 3.24. The highest BCUT2D eigenvalue weighted by Crippen LogP contribution is 2.27. The van der Waals surface area contributed by atoms with Crippen molar-refractivity contribution in [2.24, 2.45) is 0 Å². The Morgan fingerprint density at radius 2 is 2.67 bits per heavy atom. The van der Waals surface area contributed by atoms with Gasteiger partial charge < -0.3 is 14.7 Å². The first kappa shape index (κ1) is 6.48. The molecule has 1 aromatic rings. The van der Waals surface area contributed by atoms with E-state index in [1.165, 1.54) is 6.42 Å². The summed E-state index contributed by atoms with van der Waals surface area (Å²) in [6.45, 7) is 2.18. The van der Waals surface area contributed by atoms with Gasteiger partial charge in [-0.3, -0.25) is 0 Å². The number of hydrogen-bond acceptors (Lipinski definition) is 4. The summed E-state index contributed by atoms with van der Waals surface area (Å²) >= 11 is 0. The van der Waals surface area contributed by atoms with Crippen LogP contribution in [0.5, 0.6) is 0 Å². The summed E-state index contributed by atoms with van der Waals surface area (Å²) < 4.78 is 4.82. The summed E-state index contributed by atoms with van der Waals surface area (Å²) in [7, 11) is 0. The standard InChI is InChI=1S/C8H11N3O/c1-2-12-10-8(1)11-5-6-3-7(11)4-9-6/h1-2,6-7,9H,3-5H2. The lowest BCUT2D eigenvalue weighted by Gasteiger charge is -2.26. The molecule has 2 atom stereocenters. The van der Waals surface area contributed by atoms with Gasteiger partial charge in [0.2, 0.25) is 0 Å². The number of nitrogens with zero attached hydrogens (tertiary/aromatic N) is 2. The monoisotopic (exact) mass is 165 g/mol. The Bertz CT molecular complexity index is 272. The molecule has 2 saturated heterocycles. The van der Waals surface area contributed by atoms with Crippen molar-refractivity contribution in [2.45, 2.75) is 18.5 Å². The van der Waals surface area contributed by atoms with Crippen LogP contribution in [-0.4, -0.2) is 30.3 Å². The highest BCUT2D eigenvalue weighted by Gasteiger charge is 2.38. The van der Waals surface area contributed by atoms with Gasteiger partial charge in [0.15, 0.2) is 5.82 Å². The Balaban J connectivity index is 1.87. The first-order valence-electron chi connectivity index (χ1n) is 4.34. The van der Waals surface area contributed by atoms with Gasteiger partial charge in [0.1, 0.15) is 6.26 Å². The number of piperazine rings is 1. The molecule has 4 heteroatoms. The summed E-state index contributed by atoms with van der Waals surface area (Å²) in [4.78, 5) is 2.32. The van der Waals surface area contributed by atoms with Crippen molar-refractivity contribution >= 4 is 5.82 Å². The van der Waals surface area contributed by atoms with Gasteiger partial charge in [0.05, 0.1) is 0 Å². The van der Waals surface area contributed by atoms with E-state index in [4.69, 9.17) is 4.52 Å². The molecule has 3 heterocycles. The molecule has 2 aliphatic rings. The smallest absolute Gasteiger partial charge is 0.172 e. The number of fused-ring (bicyclic) bond motifs is 2. The van der Waals surface area contributed by atoms with Crippen LogP contribution < -0.4 is 10.2 Å². The molecule has 1 N–H and O–H groups in total. The minimum Gasteiger partial charge on any atom is -0.363 e. The molecule has 64 valence electrons. The van der Waals surface area contributed by atoms with Crippen LogP contribution >= 0.6 is 0 Å². The van der Waals surface area contributed by atoms with Crippen LogP contribution in [0.1, 0.15) is 6.42 Å². The first-order valence-corrected chi connectivity index (χ1v) is 4.34. The fourth-order valence-corrected chi connectivity index (χ4v) is 2.20. The summed E-state index contributed by atoms with van der Waals surface area (Å²) in [5, 5.41) is 7.39. The number of anilines is 1. The van der Waals surface area contributed by atoms with Crippen LogP contribution in [-0.2, 0) is 0 Å². The minimum absolute atomic E-state index is 0.639. The molecule has 2 fully saturated rings. The van der Waals surface area contributed by atoms with Crippen LogP contribution in [0, 0.1) is 0 Å². The van der Waals surface area contributed by atoms with Gasteiger partial charge in [0.25, 0.3) is 0 Å². The van der Waals surface area contributed by atoms with Gasteiger partial charge in [-0.2, -0.15) is 0 Å². The van der Waals surface area contributed by atoms with E-state index in [1.807, 2.05) is 6.07 Å². The molecule has 2 bridgehead atoms. The Morgan fingerprint density at radius 3 is 3.25 bits per heavy atom. The fourth-order valence-electron chi connectivity index (χ4n) is 2.20. The summed E-state index contributed by atoms with van der Waals surface area (Å²) in [6.07, 6.45) is 2.89. The van der Waals surface area contributed by atoms with Gasteiger partial charge >= 0.3 is 0 Å². The molecule has 3 rings (SSSR count). The lowest BCUT2D eigenvalue weighted by molar-refractivity contribution is 0.416. The highest BCUT2D eigenvalue weighted by molar-refractivity contribution is 5.41. The second-order valence-corrected chi connectivity index (χ2v) is 3.50. The molecule has 2 unspecified atom stereocenters. The van der Waals surface area contributed by atoms with E-state index in [2.05, 4.69) is 15.4 Å². The van der Waals surface area contributed by atoms with E-state index in [9.17, 15) is 0 Å². The van der Waals surface area contributed by atoms with Crippen molar-refractivity contribution in [3.8, 4) is 0 Å². The Morgan fingerprint density at radius 1 is 1.67 bits per heavy atom. The molecule has 0 amide bonds. The van der Waals surface area contributed by atoms with Crippen LogP contribution in [0.15, 0.2) is 16.9 Å². The van der Waals surface area contributed by atoms with Gasteiger partial charge in [-0.1, -0.05) is 5.16 Å². The summed E-state index contributed by atoms with van der Waals surface area (Å²) in [5.74, 6) is 0.990. The third-order valence-electron chi connectivity index (χ3n) is 2.78. The second kappa shape index (κ2) is 2.23. The Hall–Kier alpha value is -1.03. The number of aromatic nitrogens is 1.